The highest BCUT2D eigenvalue weighted by atomic mass is 127. The van der Waals surface area contributed by atoms with Crippen LogP contribution in [0.15, 0.2) is 24.3 Å². The van der Waals surface area contributed by atoms with Gasteiger partial charge in [-0.15, -0.1) is 0 Å². The summed E-state index contributed by atoms with van der Waals surface area (Å²) in [6.07, 6.45) is 0.945. The number of hydrogen-bond donors (Lipinski definition) is 0. The van der Waals surface area contributed by atoms with Crippen molar-refractivity contribution < 1.29 is 14.3 Å². The lowest BCUT2D eigenvalue weighted by atomic mass is 10.2. The molecule has 0 saturated heterocycles. The van der Waals surface area contributed by atoms with Gasteiger partial charge in [0.15, 0.2) is 0 Å². The third kappa shape index (κ3) is 4.00. The molecule has 1 unspecified atom stereocenters. The number of carbonyl (C=O) groups is 1. The van der Waals surface area contributed by atoms with Crippen molar-refractivity contribution >= 4 is 28.6 Å². The van der Waals surface area contributed by atoms with Gasteiger partial charge in [0.05, 0.1) is 12.2 Å². The predicted molar refractivity (Wildman–Crippen MR) is 71.1 cm³/mol. The molecular formula is C12H15IO3. The van der Waals surface area contributed by atoms with Gasteiger partial charge in [-0.3, -0.25) is 0 Å². The van der Waals surface area contributed by atoms with Gasteiger partial charge in [0.1, 0.15) is 9.86 Å². The monoisotopic (exact) mass is 334 g/mol. The van der Waals surface area contributed by atoms with Crippen molar-refractivity contribution in [3.8, 4) is 5.75 Å². The molecule has 0 aliphatic rings. The second kappa shape index (κ2) is 6.73. The van der Waals surface area contributed by atoms with E-state index in [0.29, 0.717) is 12.2 Å². The topological polar surface area (TPSA) is 35.5 Å². The van der Waals surface area contributed by atoms with E-state index in [2.05, 4.69) is 29.5 Å². The molecule has 0 bridgehead atoms. The summed E-state index contributed by atoms with van der Waals surface area (Å²) in [5.41, 5.74) is 0.552. The second-order valence-electron chi connectivity index (χ2n) is 3.18. The van der Waals surface area contributed by atoms with Crippen molar-refractivity contribution in [3.63, 3.8) is 0 Å². The van der Waals surface area contributed by atoms with Crippen molar-refractivity contribution in [2.45, 2.75) is 24.4 Å². The molecule has 1 atom stereocenters. The van der Waals surface area contributed by atoms with Crippen LogP contribution in [0.25, 0.3) is 0 Å². The van der Waals surface area contributed by atoms with Crippen molar-refractivity contribution in [1.82, 2.24) is 0 Å². The van der Waals surface area contributed by atoms with Crippen molar-refractivity contribution in [2.75, 3.05) is 6.61 Å². The van der Waals surface area contributed by atoms with E-state index in [9.17, 15) is 4.79 Å². The number of benzene rings is 1. The number of rotatable bonds is 5. The van der Waals surface area contributed by atoms with Crippen molar-refractivity contribution in [1.29, 1.82) is 0 Å². The minimum absolute atomic E-state index is 0.158. The quantitative estimate of drug-likeness (QED) is 0.470. The fourth-order valence-corrected chi connectivity index (χ4v) is 1.41. The first kappa shape index (κ1) is 13.3. The van der Waals surface area contributed by atoms with E-state index in [1.807, 2.05) is 0 Å². The summed E-state index contributed by atoms with van der Waals surface area (Å²) in [4.78, 5) is 11.4. The van der Waals surface area contributed by atoms with Crippen LogP contribution < -0.4 is 4.74 Å². The van der Waals surface area contributed by atoms with Gasteiger partial charge in [0, 0.05) is 0 Å². The van der Waals surface area contributed by atoms with Crippen LogP contribution in [0, 0.1) is 0 Å². The maximum atomic E-state index is 11.4. The van der Waals surface area contributed by atoms with E-state index in [0.717, 1.165) is 12.2 Å². The molecule has 3 nitrogen and oxygen atoms in total. The Bertz CT molecular complexity index is 335. The molecule has 0 spiro atoms. The lowest BCUT2D eigenvalue weighted by Gasteiger charge is -2.11. The minimum atomic E-state index is -0.296. The standard InChI is InChI=1S/C12H15IO3/c1-3-11(13)16-10-7-5-9(6-8-10)12(14)15-4-2/h5-8,11H,3-4H2,1-2H3. The van der Waals surface area contributed by atoms with Gasteiger partial charge < -0.3 is 9.47 Å². The zero-order valence-electron chi connectivity index (χ0n) is 9.40. The second-order valence-corrected chi connectivity index (χ2v) is 4.57. The Balaban J connectivity index is 2.64. The molecule has 0 heterocycles. The Kier molecular flexibility index (Phi) is 5.59. The van der Waals surface area contributed by atoms with Gasteiger partial charge in [-0.05, 0) is 60.2 Å². The van der Waals surface area contributed by atoms with Crippen LogP contribution >= 0.6 is 22.6 Å². The Morgan fingerprint density at radius 2 is 1.94 bits per heavy atom. The Morgan fingerprint density at radius 1 is 1.31 bits per heavy atom. The first-order chi connectivity index (χ1) is 7.67. The summed E-state index contributed by atoms with van der Waals surface area (Å²) in [5.74, 6) is 0.477. The maximum Gasteiger partial charge on any atom is 0.338 e. The van der Waals surface area contributed by atoms with E-state index >= 15 is 0 Å². The molecule has 16 heavy (non-hydrogen) atoms. The SMILES string of the molecule is CCOC(=O)c1ccc(OC(I)CC)cc1. The van der Waals surface area contributed by atoms with E-state index in [4.69, 9.17) is 9.47 Å². The van der Waals surface area contributed by atoms with Crippen molar-refractivity contribution in [2.24, 2.45) is 0 Å². The summed E-state index contributed by atoms with van der Waals surface area (Å²) in [7, 11) is 0. The van der Waals surface area contributed by atoms with Crippen LogP contribution in [0.2, 0.25) is 0 Å². The Labute approximate surface area is 109 Å². The maximum absolute atomic E-state index is 11.4. The molecule has 0 N–H and O–H groups in total. The van der Waals surface area contributed by atoms with E-state index in [1.54, 1.807) is 31.2 Å². The highest BCUT2D eigenvalue weighted by Gasteiger charge is 2.07. The molecule has 0 aromatic heterocycles. The molecule has 0 saturated carbocycles. The molecule has 0 amide bonds. The van der Waals surface area contributed by atoms with Gasteiger partial charge in [0.25, 0.3) is 0 Å². The van der Waals surface area contributed by atoms with Crippen molar-refractivity contribution in [3.05, 3.63) is 29.8 Å². The smallest absolute Gasteiger partial charge is 0.338 e. The normalized spacial score (nSPS) is 11.9. The highest BCUT2D eigenvalue weighted by Crippen LogP contribution is 2.18. The van der Waals surface area contributed by atoms with E-state index < -0.39 is 0 Å². The first-order valence-electron chi connectivity index (χ1n) is 5.25. The van der Waals surface area contributed by atoms with Crippen LogP contribution in [0.4, 0.5) is 0 Å². The van der Waals surface area contributed by atoms with E-state index in [-0.39, 0.29) is 10.1 Å². The molecule has 0 radical (unpaired) electrons. The van der Waals surface area contributed by atoms with Gasteiger partial charge >= 0.3 is 5.97 Å². The summed E-state index contributed by atoms with van der Waals surface area (Å²) < 4.78 is 10.6. The molecule has 4 heteroatoms. The third-order valence-electron chi connectivity index (χ3n) is 1.95. The Hall–Kier alpha value is -0.780. The van der Waals surface area contributed by atoms with Gasteiger partial charge in [-0.25, -0.2) is 4.79 Å². The lowest BCUT2D eigenvalue weighted by molar-refractivity contribution is 0.0526. The highest BCUT2D eigenvalue weighted by molar-refractivity contribution is 14.1. The number of esters is 1. The van der Waals surface area contributed by atoms with Gasteiger partial charge in [-0.1, -0.05) is 6.92 Å². The summed E-state index contributed by atoms with van der Waals surface area (Å²) in [6.45, 7) is 4.24. The number of ether oxygens (including phenoxy) is 2. The molecule has 1 aromatic carbocycles. The van der Waals surface area contributed by atoms with Crippen LogP contribution in [0.1, 0.15) is 30.6 Å². The number of alkyl halides is 1. The summed E-state index contributed by atoms with van der Waals surface area (Å²) >= 11 is 2.23. The predicted octanol–water partition coefficient (Wildman–Crippen LogP) is 3.41. The minimum Gasteiger partial charge on any atom is -0.480 e. The molecular weight excluding hydrogens is 319 g/mol. The summed E-state index contributed by atoms with van der Waals surface area (Å²) in [5, 5.41) is 0. The van der Waals surface area contributed by atoms with Crippen LogP contribution in [-0.4, -0.2) is 16.7 Å². The first-order valence-corrected chi connectivity index (χ1v) is 6.49. The third-order valence-corrected chi connectivity index (χ3v) is 3.09. The van der Waals surface area contributed by atoms with E-state index in [1.165, 1.54) is 0 Å². The molecule has 0 aliphatic carbocycles. The van der Waals surface area contributed by atoms with Crippen LogP contribution in [0.3, 0.4) is 0 Å². The molecule has 0 aliphatic heterocycles. The number of carbonyl (C=O) groups excluding carboxylic acids is 1. The largest absolute Gasteiger partial charge is 0.480 e. The van der Waals surface area contributed by atoms with Crippen LogP contribution in [-0.2, 0) is 4.74 Å². The fourth-order valence-electron chi connectivity index (χ4n) is 1.12. The molecule has 0 fully saturated rings. The average molecular weight is 334 g/mol. The zero-order valence-corrected chi connectivity index (χ0v) is 11.6. The van der Waals surface area contributed by atoms with Gasteiger partial charge in [0.2, 0.25) is 0 Å². The number of halogens is 1. The zero-order chi connectivity index (χ0) is 12.0. The molecule has 1 aromatic rings. The molecule has 88 valence electrons. The van der Waals surface area contributed by atoms with Crippen LogP contribution in [0.5, 0.6) is 5.75 Å². The molecule has 1 rings (SSSR count). The fraction of sp³-hybridized carbons (Fsp3) is 0.417. The number of hydrogen-bond acceptors (Lipinski definition) is 3. The lowest BCUT2D eigenvalue weighted by Crippen LogP contribution is -2.07. The summed E-state index contributed by atoms with van der Waals surface area (Å²) in [6, 6.07) is 7.00. The average Bonchev–Trinajstić information content (AvgIpc) is 2.30. The van der Waals surface area contributed by atoms with Gasteiger partial charge in [-0.2, -0.15) is 0 Å². The Morgan fingerprint density at radius 3 is 2.44 bits per heavy atom.